The van der Waals surface area contributed by atoms with Crippen molar-refractivity contribution in [2.45, 2.75) is 18.4 Å². The Morgan fingerprint density at radius 1 is 0.892 bits per heavy atom. The molecule has 0 saturated heterocycles. The van der Waals surface area contributed by atoms with Crippen molar-refractivity contribution in [2.75, 3.05) is 0 Å². The first-order chi connectivity index (χ1) is 17.7. The number of nitrogens with two attached hydrogens (primary N) is 1. The highest BCUT2D eigenvalue weighted by Gasteiger charge is 2.16. The van der Waals surface area contributed by atoms with E-state index in [4.69, 9.17) is 9.56 Å². The van der Waals surface area contributed by atoms with Crippen molar-refractivity contribution in [2.24, 2.45) is 5.14 Å². The van der Waals surface area contributed by atoms with Crippen LogP contribution in [0.1, 0.15) is 27.2 Å². The van der Waals surface area contributed by atoms with Gasteiger partial charge in [-0.3, -0.25) is 9.59 Å². The molecule has 3 aromatic carbocycles. The highest BCUT2D eigenvalue weighted by Crippen LogP contribution is 2.24. The Kier molecular flexibility index (Phi) is 7.66. The first kappa shape index (κ1) is 25.6. The van der Waals surface area contributed by atoms with Gasteiger partial charge in [0.1, 0.15) is 17.2 Å². The Bertz CT molecular complexity index is 1540. The van der Waals surface area contributed by atoms with Gasteiger partial charge in [-0.05, 0) is 61.0 Å². The summed E-state index contributed by atoms with van der Waals surface area (Å²) in [4.78, 5) is 25.9. The summed E-state index contributed by atoms with van der Waals surface area (Å²) in [6.07, 6.45) is 1.44. The van der Waals surface area contributed by atoms with Crippen LogP contribution in [0, 0.1) is 6.92 Å². The van der Waals surface area contributed by atoms with Crippen molar-refractivity contribution in [3.05, 3.63) is 119 Å². The van der Waals surface area contributed by atoms with Gasteiger partial charge in [0.15, 0.2) is 0 Å². The number of primary sulfonamides is 1. The molecule has 4 aromatic rings. The van der Waals surface area contributed by atoms with E-state index in [9.17, 15) is 18.0 Å². The van der Waals surface area contributed by atoms with Crippen LogP contribution in [0.3, 0.4) is 0 Å². The van der Waals surface area contributed by atoms with Crippen molar-refractivity contribution in [3.8, 4) is 11.3 Å². The monoisotopic (exact) mass is 515 g/mol. The zero-order valence-corrected chi connectivity index (χ0v) is 20.8. The smallest absolute Gasteiger partial charge is 0.268 e. The molecule has 0 aliphatic heterocycles. The summed E-state index contributed by atoms with van der Waals surface area (Å²) >= 11 is 0. The maximum atomic E-state index is 13.0. The molecule has 0 aliphatic rings. The van der Waals surface area contributed by atoms with Gasteiger partial charge in [0, 0.05) is 23.7 Å². The van der Waals surface area contributed by atoms with Gasteiger partial charge in [0.05, 0.1) is 4.90 Å². The molecule has 0 spiro atoms. The molecule has 0 unspecified atom stereocenters. The van der Waals surface area contributed by atoms with Crippen molar-refractivity contribution in [1.29, 1.82) is 0 Å². The van der Waals surface area contributed by atoms with Crippen molar-refractivity contribution >= 4 is 27.9 Å². The third kappa shape index (κ3) is 6.81. The molecule has 9 heteroatoms. The van der Waals surface area contributed by atoms with Gasteiger partial charge in [-0.1, -0.05) is 48.0 Å². The highest BCUT2D eigenvalue weighted by atomic mass is 32.2. The van der Waals surface area contributed by atoms with Crippen molar-refractivity contribution in [3.63, 3.8) is 0 Å². The van der Waals surface area contributed by atoms with E-state index >= 15 is 0 Å². The van der Waals surface area contributed by atoms with E-state index in [0.717, 1.165) is 11.1 Å². The maximum Gasteiger partial charge on any atom is 0.268 e. The quantitative estimate of drug-likeness (QED) is 0.305. The summed E-state index contributed by atoms with van der Waals surface area (Å²) < 4.78 is 28.8. The summed E-state index contributed by atoms with van der Waals surface area (Å²) in [5, 5.41) is 10.6. The molecular formula is C28H25N3O5S. The van der Waals surface area contributed by atoms with Gasteiger partial charge in [-0.25, -0.2) is 13.6 Å². The first-order valence-electron chi connectivity index (χ1n) is 11.3. The number of amides is 2. The topological polar surface area (TPSA) is 132 Å². The Morgan fingerprint density at radius 3 is 2.22 bits per heavy atom. The molecule has 4 N–H and O–H groups in total. The lowest BCUT2D eigenvalue weighted by molar-refractivity contribution is -0.117. The Hall–Kier alpha value is -4.47. The van der Waals surface area contributed by atoms with E-state index in [0.29, 0.717) is 22.6 Å². The molecule has 2 amide bonds. The first-order valence-corrected chi connectivity index (χ1v) is 12.9. The summed E-state index contributed by atoms with van der Waals surface area (Å²) in [5.41, 5.74) is 2.94. The lowest BCUT2D eigenvalue weighted by Crippen LogP contribution is -2.34. The molecule has 0 atom stereocenters. The largest absolute Gasteiger partial charge is 0.457 e. The van der Waals surface area contributed by atoms with Gasteiger partial charge in [0.2, 0.25) is 10.0 Å². The Labute approximate surface area is 214 Å². The number of nitrogens with one attached hydrogen (secondary N) is 2. The number of hydrogen-bond donors (Lipinski definition) is 3. The van der Waals surface area contributed by atoms with Gasteiger partial charge in [0.25, 0.3) is 11.8 Å². The fourth-order valence-electron chi connectivity index (χ4n) is 3.47. The van der Waals surface area contributed by atoms with Gasteiger partial charge in [-0.2, -0.15) is 0 Å². The SMILES string of the molecule is Cc1ccc(C(=O)N/C(=C/c2ccc(-c3ccc(S(N)(=O)=O)cc3)o2)C(=O)NCc2ccccc2)cc1. The molecule has 188 valence electrons. The molecular weight excluding hydrogens is 490 g/mol. The minimum absolute atomic E-state index is 0.00646. The third-order valence-electron chi connectivity index (χ3n) is 5.48. The molecule has 1 heterocycles. The molecule has 8 nitrogen and oxygen atoms in total. The van der Waals surface area contributed by atoms with E-state index in [1.165, 1.54) is 18.2 Å². The molecule has 0 fully saturated rings. The van der Waals surface area contributed by atoms with Gasteiger partial charge < -0.3 is 15.1 Å². The van der Waals surface area contributed by atoms with E-state index in [1.807, 2.05) is 49.4 Å². The minimum Gasteiger partial charge on any atom is -0.457 e. The number of aryl methyl sites for hydroxylation is 1. The van der Waals surface area contributed by atoms with E-state index < -0.39 is 21.8 Å². The summed E-state index contributed by atoms with van der Waals surface area (Å²) in [6.45, 7) is 2.19. The van der Waals surface area contributed by atoms with Crippen LogP contribution in [0.4, 0.5) is 0 Å². The summed E-state index contributed by atoms with van der Waals surface area (Å²) in [6, 6.07) is 25.6. The van der Waals surface area contributed by atoms with Gasteiger partial charge in [-0.15, -0.1) is 0 Å². The normalized spacial score (nSPS) is 11.7. The summed E-state index contributed by atoms with van der Waals surface area (Å²) in [7, 11) is -3.81. The zero-order chi connectivity index (χ0) is 26.4. The fourth-order valence-corrected chi connectivity index (χ4v) is 3.98. The van der Waals surface area contributed by atoms with Gasteiger partial charge >= 0.3 is 0 Å². The average molecular weight is 516 g/mol. The number of rotatable bonds is 8. The van der Waals surface area contributed by atoms with Crippen LogP contribution in [-0.2, 0) is 21.4 Å². The Balaban J connectivity index is 1.58. The number of hydrogen-bond acceptors (Lipinski definition) is 5. The molecule has 4 rings (SSSR count). The number of benzene rings is 3. The highest BCUT2D eigenvalue weighted by molar-refractivity contribution is 7.89. The van der Waals surface area contributed by atoms with Crippen LogP contribution in [0.5, 0.6) is 0 Å². The summed E-state index contributed by atoms with van der Waals surface area (Å²) in [5.74, 6) is -0.160. The molecule has 0 radical (unpaired) electrons. The fraction of sp³-hybridized carbons (Fsp3) is 0.0714. The standard InChI is InChI=1S/C28H25N3O5S/c1-19-7-9-22(10-8-19)27(32)31-25(28(33)30-18-20-5-3-2-4-6-20)17-23-13-16-26(36-23)21-11-14-24(15-12-21)37(29,34)35/h2-17H,18H2,1H3,(H,30,33)(H,31,32)(H2,29,34,35)/b25-17+. The Morgan fingerprint density at radius 2 is 1.57 bits per heavy atom. The van der Waals surface area contributed by atoms with Crippen LogP contribution in [0.25, 0.3) is 17.4 Å². The average Bonchev–Trinajstić information content (AvgIpc) is 3.36. The van der Waals surface area contributed by atoms with E-state index in [2.05, 4.69) is 10.6 Å². The lowest BCUT2D eigenvalue weighted by atomic mass is 10.1. The molecule has 0 aliphatic carbocycles. The second-order valence-corrected chi connectivity index (χ2v) is 9.88. The zero-order valence-electron chi connectivity index (χ0n) is 20.0. The second-order valence-electron chi connectivity index (χ2n) is 8.32. The van der Waals surface area contributed by atoms with E-state index in [1.54, 1.807) is 36.4 Å². The predicted octanol–water partition coefficient (Wildman–Crippen LogP) is 3.99. The van der Waals surface area contributed by atoms with Crippen molar-refractivity contribution in [1.82, 2.24) is 10.6 Å². The molecule has 1 aromatic heterocycles. The molecule has 0 saturated carbocycles. The van der Waals surface area contributed by atoms with Crippen LogP contribution in [0.2, 0.25) is 0 Å². The lowest BCUT2D eigenvalue weighted by Gasteiger charge is -2.11. The maximum absolute atomic E-state index is 13.0. The number of carbonyl (C=O) groups excluding carboxylic acids is 2. The number of furan rings is 1. The van der Waals surface area contributed by atoms with Crippen LogP contribution >= 0.6 is 0 Å². The van der Waals surface area contributed by atoms with Crippen LogP contribution < -0.4 is 15.8 Å². The van der Waals surface area contributed by atoms with Crippen LogP contribution in [0.15, 0.2) is 106 Å². The van der Waals surface area contributed by atoms with Crippen molar-refractivity contribution < 1.29 is 22.4 Å². The minimum atomic E-state index is -3.81. The number of carbonyl (C=O) groups is 2. The second kappa shape index (κ2) is 11.1. The van der Waals surface area contributed by atoms with E-state index in [-0.39, 0.29) is 17.1 Å². The third-order valence-corrected chi connectivity index (χ3v) is 6.41. The molecule has 37 heavy (non-hydrogen) atoms. The van der Waals surface area contributed by atoms with Crippen LogP contribution in [-0.4, -0.2) is 20.2 Å². The number of sulfonamides is 1. The molecule has 0 bridgehead atoms. The predicted molar refractivity (Wildman–Crippen MR) is 140 cm³/mol.